The number of nitrogens with two attached hydrogens (primary N) is 1. The number of ether oxygens (including phenoxy) is 1. The van der Waals surface area contributed by atoms with Crippen LogP contribution in [0.15, 0.2) is 6.07 Å². The number of primary sulfonamides is 1. The van der Waals surface area contributed by atoms with Gasteiger partial charge in [0.05, 0.1) is 5.75 Å². The van der Waals surface area contributed by atoms with Crippen molar-refractivity contribution in [1.82, 2.24) is 9.97 Å². The highest BCUT2D eigenvalue weighted by atomic mass is 32.2. The first-order valence-corrected chi connectivity index (χ1v) is 8.60. The number of aromatic nitrogens is 2. The zero-order chi connectivity index (χ0) is 15.7. The number of sulfonamides is 1. The molecule has 0 fully saturated rings. The molecule has 0 aliphatic heterocycles. The number of anilines is 2. The van der Waals surface area contributed by atoms with E-state index in [1.54, 1.807) is 6.07 Å². The highest BCUT2D eigenvalue weighted by molar-refractivity contribution is 7.89. The minimum Gasteiger partial charge on any atom is -0.374 e. The number of rotatable bonds is 10. The topological polar surface area (TPSA) is 119 Å². The average molecular weight is 317 g/mol. The number of nitrogens with one attached hydrogen (secondary N) is 2. The van der Waals surface area contributed by atoms with Crippen LogP contribution < -0.4 is 15.8 Å². The van der Waals surface area contributed by atoms with E-state index in [0.29, 0.717) is 30.7 Å². The van der Waals surface area contributed by atoms with E-state index in [9.17, 15) is 8.42 Å². The SMILES string of the molecule is CCCNc1cc(NCCS(N)(=O)=O)nc(COCC)n1. The fraction of sp³-hybridized carbons (Fsp3) is 0.667. The largest absolute Gasteiger partial charge is 0.374 e. The maximum absolute atomic E-state index is 10.9. The molecule has 1 rings (SSSR count). The monoisotopic (exact) mass is 317 g/mol. The van der Waals surface area contributed by atoms with Crippen LogP contribution in [-0.2, 0) is 21.4 Å². The Morgan fingerprint density at radius 2 is 1.81 bits per heavy atom. The molecule has 1 aromatic heterocycles. The first-order valence-electron chi connectivity index (χ1n) is 6.88. The fourth-order valence-electron chi connectivity index (χ4n) is 1.51. The molecule has 21 heavy (non-hydrogen) atoms. The summed E-state index contributed by atoms with van der Waals surface area (Å²) in [6.07, 6.45) is 0.971. The lowest BCUT2D eigenvalue weighted by atomic mass is 10.4. The Morgan fingerprint density at radius 3 is 2.33 bits per heavy atom. The van der Waals surface area contributed by atoms with Gasteiger partial charge in [0.1, 0.15) is 18.2 Å². The number of nitrogens with zero attached hydrogens (tertiary/aromatic N) is 2. The maximum Gasteiger partial charge on any atom is 0.210 e. The third kappa shape index (κ3) is 7.78. The van der Waals surface area contributed by atoms with Crippen molar-refractivity contribution in [1.29, 1.82) is 0 Å². The lowest BCUT2D eigenvalue weighted by Gasteiger charge is -2.11. The molecule has 0 saturated heterocycles. The maximum atomic E-state index is 10.9. The van der Waals surface area contributed by atoms with Gasteiger partial charge in [-0.15, -0.1) is 0 Å². The van der Waals surface area contributed by atoms with E-state index in [1.165, 1.54) is 0 Å². The molecular weight excluding hydrogens is 294 g/mol. The van der Waals surface area contributed by atoms with Crippen LogP contribution in [0.3, 0.4) is 0 Å². The summed E-state index contributed by atoms with van der Waals surface area (Å²) in [5.41, 5.74) is 0. The highest BCUT2D eigenvalue weighted by Gasteiger charge is 2.06. The Kier molecular flexibility index (Phi) is 7.34. The van der Waals surface area contributed by atoms with Crippen LogP contribution in [0.2, 0.25) is 0 Å². The molecule has 0 unspecified atom stereocenters. The van der Waals surface area contributed by atoms with Crippen molar-refractivity contribution in [3.05, 3.63) is 11.9 Å². The Bertz CT molecular complexity index is 509. The van der Waals surface area contributed by atoms with E-state index in [0.717, 1.165) is 13.0 Å². The van der Waals surface area contributed by atoms with Crippen molar-refractivity contribution in [2.45, 2.75) is 26.9 Å². The molecule has 1 heterocycles. The van der Waals surface area contributed by atoms with Gasteiger partial charge >= 0.3 is 0 Å². The molecule has 120 valence electrons. The second kappa shape index (κ2) is 8.75. The lowest BCUT2D eigenvalue weighted by molar-refractivity contribution is 0.128. The summed E-state index contributed by atoms with van der Waals surface area (Å²) < 4.78 is 27.1. The number of hydrogen-bond acceptors (Lipinski definition) is 7. The van der Waals surface area contributed by atoms with Gasteiger partial charge in [-0.05, 0) is 13.3 Å². The summed E-state index contributed by atoms with van der Waals surface area (Å²) in [5, 5.41) is 11.1. The molecule has 0 spiro atoms. The van der Waals surface area contributed by atoms with Gasteiger partial charge in [-0.3, -0.25) is 0 Å². The molecule has 0 amide bonds. The van der Waals surface area contributed by atoms with Crippen LogP contribution in [0.4, 0.5) is 11.6 Å². The third-order valence-electron chi connectivity index (χ3n) is 2.46. The van der Waals surface area contributed by atoms with E-state index in [4.69, 9.17) is 9.88 Å². The van der Waals surface area contributed by atoms with Gasteiger partial charge < -0.3 is 15.4 Å². The van der Waals surface area contributed by atoms with Gasteiger partial charge in [0.15, 0.2) is 5.82 Å². The zero-order valence-corrected chi connectivity index (χ0v) is 13.2. The van der Waals surface area contributed by atoms with Crippen LogP contribution in [0.5, 0.6) is 0 Å². The second-order valence-electron chi connectivity index (χ2n) is 4.41. The third-order valence-corrected chi connectivity index (χ3v) is 3.23. The summed E-state index contributed by atoms with van der Waals surface area (Å²) in [5.74, 6) is 1.60. The van der Waals surface area contributed by atoms with Crippen LogP contribution >= 0.6 is 0 Å². The van der Waals surface area contributed by atoms with Crippen molar-refractivity contribution in [3.63, 3.8) is 0 Å². The molecule has 0 bridgehead atoms. The lowest BCUT2D eigenvalue weighted by Crippen LogP contribution is -2.23. The molecular formula is C12H23N5O3S. The zero-order valence-electron chi connectivity index (χ0n) is 12.4. The van der Waals surface area contributed by atoms with Crippen LogP contribution in [0.25, 0.3) is 0 Å². The number of hydrogen-bond donors (Lipinski definition) is 3. The minimum atomic E-state index is -3.49. The Balaban J connectivity index is 2.74. The molecule has 0 atom stereocenters. The smallest absolute Gasteiger partial charge is 0.210 e. The predicted molar refractivity (Wildman–Crippen MR) is 82.6 cm³/mol. The molecule has 4 N–H and O–H groups in total. The fourth-order valence-corrected chi connectivity index (χ4v) is 1.90. The Labute approximate surface area is 125 Å². The summed E-state index contributed by atoms with van der Waals surface area (Å²) in [7, 11) is -3.49. The van der Waals surface area contributed by atoms with Crippen molar-refractivity contribution in [2.24, 2.45) is 5.14 Å². The molecule has 0 radical (unpaired) electrons. The molecule has 0 aliphatic rings. The van der Waals surface area contributed by atoms with E-state index in [-0.39, 0.29) is 12.3 Å². The summed E-state index contributed by atoms with van der Waals surface area (Å²) in [4.78, 5) is 8.61. The van der Waals surface area contributed by atoms with Crippen LogP contribution in [0, 0.1) is 0 Å². The van der Waals surface area contributed by atoms with Crippen molar-refractivity contribution < 1.29 is 13.2 Å². The van der Waals surface area contributed by atoms with Gasteiger partial charge in [0, 0.05) is 25.8 Å². The average Bonchev–Trinajstić information content (AvgIpc) is 2.41. The van der Waals surface area contributed by atoms with Crippen molar-refractivity contribution in [3.8, 4) is 0 Å². The van der Waals surface area contributed by atoms with Crippen molar-refractivity contribution >= 4 is 21.7 Å². The Hall–Kier alpha value is -1.45. The highest BCUT2D eigenvalue weighted by Crippen LogP contribution is 2.12. The summed E-state index contributed by atoms with van der Waals surface area (Å²) >= 11 is 0. The predicted octanol–water partition coefficient (Wildman–Crippen LogP) is 0.535. The van der Waals surface area contributed by atoms with E-state index < -0.39 is 10.0 Å². The molecule has 8 nitrogen and oxygen atoms in total. The van der Waals surface area contributed by atoms with Gasteiger partial charge in [-0.2, -0.15) is 0 Å². The van der Waals surface area contributed by atoms with E-state index in [1.807, 2.05) is 6.92 Å². The first-order chi connectivity index (χ1) is 9.94. The quantitative estimate of drug-likeness (QED) is 0.576. The standard InChI is InChI=1S/C12H23N5O3S/c1-3-5-14-10-8-11(15-6-7-21(13,18)19)17-12(16-10)9-20-4-2/h8H,3-7,9H2,1-2H3,(H2,13,18,19)(H2,14,15,16,17). The van der Waals surface area contributed by atoms with Gasteiger partial charge in [-0.25, -0.2) is 23.5 Å². The second-order valence-corrected chi connectivity index (χ2v) is 6.15. The molecule has 0 aromatic carbocycles. The van der Waals surface area contributed by atoms with E-state index in [2.05, 4.69) is 27.5 Å². The van der Waals surface area contributed by atoms with Gasteiger partial charge in [0.25, 0.3) is 0 Å². The molecule has 0 aliphatic carbocycles. The van der Waals surface area contributed by atoms with Crippen LogP contribution in [0.1, 0.15) is 26.1 Å². The molecule has 9 heteroatoms. The Morgan fingerprint density at radius 1 is 1.19 bits per heavy atom. The molecule has 1 aromatic rings. The van der Waals surface area contributed by atoms with E-state index >= 15 is 0 Å². The van der Waals surface area contributed by atoms with Crippen LogP contribution in [-0.4, -0.2) is 43.8 Å². The van der Waals surface area contributed by atoms with Crippen molar-refractivity contribution in [2.75, 3.05) is 36.1 Å². The van der Waals surface area contributed by atoms with Gasteiger partial charge in [0.2, 0.25) is 10.0 Å². The van der Waals surface area contributed by atoms with Gasteiger partial charge in [-0.1, -0.05) is 6.92 Å². The summed E-state index contributed by atoms with van der Waals surface area (Å²) in [6, 6.07) is 1.73. The normalized spacial score (nSPS) is 11.4. The summed E-state index contributed by atoms with van der Waals surface area (Å²) in [6.45, 7) is 5.82. The first kappa shape index (κ1) is 17.6. The minimum absolute atomic E-state index is 0.157. The molecule has 0 saturated carbocycles.